The number of rotatable bonds is 8. The molecular weight excluding hydrogens is 328 g/mol. The summed E-state index contributed by atoms with van der Waals surface area (Å²) in [6, 6.07) is 6.22. The lowest BCUT2D eigenvalue weighted by molar-refractivity contribution is -0.384. The molecule has 1 aromatic carbocycles. The van der Waals surface area contributed by atoms with E-state index in [1.165, 1.54) is 19.1 Å². The largest absolute Gasteiger partial charge is 0.375 e. The number of hydrogen-bond donors (Lipinski definition) is 0. The molecule has 0 heterocycles. The van der Waals surface area contributed by atoms with Gasteiger partial charge in [0.15, 0.2) is 5.76 Å². The van der Waals surface area contributed by atoms with Gasteiger partial charge in [-0.25, -0.2) is 4.79 Å². The molecule has 0 saturated heterocycles. The second-order valence-corrected chi connectivity index (χ2v) is 5.18. The van der Waals surface area contributed by atoms with Gasteiger partial charge in [0.2, 0.25) is 0 Å². The quantitative estimate of drug-likeness (QED) is 0.310. The summed E-state index contributed by atoms with van der Waals surface area (Å²) in [6.07, 6.45) is 5.75. The van der Waals surface area contributed by atoms with Gasteiger partial charge in [0.25, 0.3) is 5.69 Å². The molecule has 1 aromatic rings. The standard InChI is InChI=1S/C17H18N2O6/c1-13(20)24-25-17-4-2-3-15(11-17)18-9-10-23-12-14-5-7-16(8-6-14)19(21)22/h2-8H,9-12H2,1H3. The number of carbonyl (C=O) groups excluding carboxylic acids is 1. The maximum Gasteiger partial charge on any atom is 0.352 e. The molecule has 8 nitrogen and oxygen atoms in total. The Morgan fingerprint density at radius 3 is 2.76 bits per heavy atom. The van der Waals surface area contributed by atoms with Crippen LogP contribution in [0.5, 0.6) is 0 Å². The SMILES string of the molecule is CC(=O)OOC1=CC=CC(=NCCOCc2ccc([N+](=O)[O-])cc2)C1. The van der Waals surface area contributed by atoms with Crippen LogP contribution in [0.15, 0.2) is 53.2 Å². The van der Waals surface area contributed by atoms with Crippen molar-refractivity contribution in [3.05, 3.63) is 63.9 Å². The average molecular weight is 346 g/mol. The topological polar surface area (TPSA) is 100 Å². The molecule has 0 spiro atoms. The van der Waals surface area contributed by atoms with Gasteiger partial charge in [-0.1, -0.05) is 6.08 Å². The van der Waals surface area contributed by atoms with Crippen LogP contribution in [0.25, 0.3) is 0 Å². The van der Waals surface area contributed by atoms with Crippen LogP contribution in [0, 0.1) is 10.1 Å². The van der Waals surface area contributed by atoms with Crippen LogP contribution in [-0.4, -0.2) is 29.8 Å². The van der Waals surface area contributed by atoms with E-state index in [9.17, 15) is 14.9 Å². The summed E-state index contributed by atoms with van der Waals surface area (Å²) in [5.41, 5.74) is 1.71. The molecule has 0 fully saturated rings. The predicted octanol–water partition coefficient (Wildman–Crippen LogP) is 2.89. The zero-order valence-corrected chi connectivity index (χ0v) is 13.7. The maximum absolute atomic E-state index is 10.7. The fraction of sp³-hybridized carbons (Fsp3) is 0.294. The molecule has 8 heteroatoms. The number of nitro benzene ring substituents is 1. The van der Waals surface area contributed by atoms with Crippen LogP contribution in [0.3, 0.4) is 0 Å². The summed E-state index contributed by atoms with van der Waals surface area (Å²) in [5.74, 6) is -0.0168. The van der Waals surface area contributed by atoms with Gasteiger partial charge in [0.05, 0.1) is 31.1 Å². The van der Waals surface area contributed by atoms with Gasteiger partial charge >= 0.3 is 5.97 Å². The highest BCUT2D eigenvalue weighted by Crippen LogP contribution is 2.13. The molecule has 1 aliphatic rings. The Kier molecular flexibility index (Phi) is 6.85. The van der Waals surface area contributed by atoms with Gasteiger partial charge in [0.1, 0.15) is 0 Å². The Morgan fingerprint density at radius 2 is 2.08 bits per heavy atom. The predicted molar refractivity (Wildman–Crippen MR) is 89.7 cm³/mol. The Labute approximate surface area is 144 Å². The number of benzene rings is 1. The highest BCUT2D eigenvalue weighted by Gasteiger charge is 2.09. The van der Waals surface area contributed by atoms with E-state index in [1.54, 1.807) is 24.3 Å². The van der Waals surface area contributed by atoms with Gasteiger partial charge < -0.3 is 4.74 Å². The van der Waals surface area contributed by atoms with E-state index in [4.69, 9.17) is 9.62 Å². The van der Waals surface area contributed by atoms with E-state index in [0.29, 0.717) is 31.9 Å². The molecule has 0 aromatic heterocycles. The molecule has 1 aliphatic carbocycles. The Balaban J connectivity index is 1.69. The molecule has 0 amide bonds. The number of nitro groups is 1. The lowest BCUT2D eigenvalue weighted by atomic mass is 10.1. The van der Waals surface area contributed by atoms with Crippen LogP contribution in [0.2, 0.25) is 0 Å². The molecule has 0 unspecified atom stereocenters. The van der Waals surface area contributed by atoms with Gasteiger partial charge in [-0.2, -0.15) is 0 Å². The normalized spacial score (nSPS) is 14.9. The fourth-order valence-electron chi connectivity index (χ4n) is 2.00. The second-order valence-electron chi connectivity index (χ2n) is 5.18. The maximum atomic E-state index is 10.7. The van der Waals surface area contributed by atoms with Crippen LogP contribution in [0.4, 0.5) is 5.69 Å². The smallest absolute Gasteiger partial charge is 0.352 e. The monoisotopic (exact) mass is 346 g/mol. The van der Waals surface area contributed by atoms with Crippen molar-refractivity contribution in [1.82, 2.24) is 0 Å². The summed E-state index contributed by atoms with van der Waals surface area (Å²) in [6.45, 7) is 2.50. The molecular formula is C17H18N2O6. The summed E-state index contributed by atoms with van der Waals surface area (Å²) in [5, 5.41) is 10.6. The molecule has 2 rings (SSSR count). The molecule has 25 heavy (non-hydrogen) atoms. The number of ether oxygens (including phenoxy) is 1. The summed E-state index contributed by atoms with van der Waals surface area (Å²) in [7, 11) is 0. The van der Waals surface area contributed by atoms with Crippen molar-refractivity contribution in [2.24, 2.45) is 4.99 Å². The number of nitrogens with zero attached hydrogens (tertiary/aromatic N) is 2. The van der Waals surface area contributed by atoms with Crippen molar-refractivity contribution in [2.75, 3.05) is 13.2 Å². The van der Waals surface area contributed by atoms with Crippen molar-refractivity contribution in [2.45, 2.75) is 20.0 Å². The Morgan fingerprint density at radius 1 is 1.32 bits per heavy atom. The highest BCUT2D eigenvalue weighted by atomic mass is 17.2. The first-order chi connectivity index (χ1) is 12.0. The summed E-state index contributed by atoms with van der Waals surface area (Å²) >= 11 is 0. The number of non-ortho nitro benzene ring substituents is 1. The van der Waals surface area contributed by atoms with E-state index in [-0.39, 0.29) is 5.69 Å². The number of allylic oxidation sites excluding steroid dienone is 4. The van der Waals surface area contributed by atoms with Crippen molar-refractivity contribution >= 4 is 17.4 Å². The van der Waals surface area contributed by atoms with E-state index < -0.39 is 10.9 Å². The van der Waals surface area contributed by atoms with Gasteiger partial charge in [-0.3, -0.25) is 24.9 Å². The van der Waals surface area contributed by atoms with E-state index in [0.717, 1.165) is 11.3 Å². The second kappa shape index (κ2) is 9.33. The van der Waals surface area contributed by atoms with E-state index in [1.807, 2.05) is 6.08 Å². The molecule has 0 N–H and O–H groups in total. The van der Waals surface area contributed by atoms with Crippen molar-refractivity contribution in [3.8, 4) is 0 Å². The number of aliphatic imine (C=N–C) groups is 1. The van der Waals surface area contributed by atoms with Crippen LogP contribution >= 0.6 is 0 Å². The molecule has 0 radical (unpaired) electrons. The van der Waals surface area contributed by atoms with Crippen molar-refractivity contribution < 1.29 is 24.2 Å². The van der Waals surface area contributed by atoms with Crippen LogP contribution in [-0.2, 0) is 25.9 Å². The third-order valence-corrected chi connectivity index (χ3v) is 3.16. The third-order valence-electron chi connectivity index (χ3n) is 3.16. The summed E-state index contributed by atoms with van der Waals surface area (Å²) in [4.78, 5) is 34.6. The minimum atomic E-state index is -0.520. The molecule has 132 valence electrons. The zero-order chi connectivity index (χ0) is 18.1. The molecule has 0 atom stereocenters. The average Bonchev–Trinajstić information content (AvgIpc) is 2.60. The first-order valence-electron chi connectivity index (χ1n) is 7.61. The molecule has 0 saturated carbocycles. The first-order valence-corrected chi connectivity index (χ1v) is 7.61. The van der Waals surface area contributed by atoms with Gasteiger partial charge in [-0.05, 0) is 29.8 Å². The van der Waals surface area contributed by atoms with Gasteiger partial charge in [-0.15, -0.1) is 0 Å². The van der Waals surface area contributed by atoms with Crippen molar-refractivity contribution in [1.29, 1.82) is 0 Å². The van der Waals surface area contributed by atoms with Crippen molar-refractivity contribution in [3.63, 3.8) is 0 Å². The highest BCUT2D eigenvalue weighted by molar-refractivity contribution is 5.97. The first kappa shape index (κ1) is 18.3. The van der Waals surface area contributed by atoms with Gasteiger partial charge in [0, 0.05) is 24.8 Å². The Bertz CT molecular complexity index is 706. The molecule has 0 bridgehead atoms. The lowest BCUT2D eigenvalue weighted by Gasteiger charge is -2.10. The zero-order valence-electron chi connectivity index (χ0n) is 13.7. The lowest BCUT2D eigenvalue weighted by Crippen LogP contribution is -2.08. The minimum absolute atomic E-state index is 0.0547. The minimum Gasteiger partial charge on any atom is -0.375 e. The molecule has 0 aliphatic heterocycles. The number of hydrogen-bond acceptors (Lipinski definition) is 7. The fourth-order valence-corrected chi connectivity index (χ4v) is 2.00. The van der Waals surface area contributed by atoms with Crippen LogP contribution in [0.1, 0.15) is 18.9 Å². The van der Waals surface area contributed by atoms with E-state index >= 15 is 0 Å². The van der Waals surface area contributed by atoms with E-state index in [2.05, 4.69) is 9.88 Å². The van der Waals surface area contributed by atoms with Crippen LogP contribution < -0.4 is 0 Å². The third kappa shape index (κ3) is 6.56. The number of carbonyl (C=O) groups is 1. The summed E-state index contributed by atoms with van der Waals surface area (Å²) < 4.78 is 5.50. The Hall–Kier alpha value is -3.00.